The van der Waals surface area contributed by atoms with Gasteiger partial charge in [0.05, 0.1) is 23.2 Å². The molecule has 1 unspecified atom stereocenters. The molecule has 0 saturated heterocycles. The summed E-state index contributed by atoms with van der Waals surface area (Å²) in [7, 11) is 0. The van der Waals surface area contributed by atoms with Crippen LogP contribution in [0.5, 0.6) is 0 Å². The van der Waals surface area contributed by atoms with Crippen molar-refractivity contribution < 1.29 is 5.11 Å². The predicted octanol–water partition coefficient (Wildman–Crippen LogP) is 4.05. The van der Waals surface area contributed by atoms with Crippen molar-refractivity contribution in [2.45, 2.75) is 26.4 Å². The molecule has 1 atom stereocenters. The average molecular weight is 329 g/mol. The van der Waals surface area contributed by atoms with Gasteiger partial charge in [0.2, 0.25) is 0 Å². The molecule has 25 heavy (non-hydrogen) atoms. The van der Waals surface area contributed by atoms with Crippen LogP contribution < -0.4 is 0 Å². The number of rotatable bonds is 2. The van der Waals surface area contributed by atoms with Gasteiger partial charge in [0.15, 0.2) is 5.82 Å². The first-order valence-corrected chi connectivity index (χ1v) is 8.37. The molecular weight excluding hydrogens is 310 g/mol. The molecule has 4 heteroatoms. The van der Waals surface area contributed by atoms with E-state index in [-0.39, 0.29) is 0 Å². The molecule has 124 valence electrons. The van der Waals surface area contributed by atoms with E-state index < -0.39 is 6.10 Å². The fourth-order valence-electron chi connectivity index (χ4n) is 2.93. The second kappa shape index (κ2) is 6.22. The first-order valence-electron chi connectivity index (χ1n) is 8.37. The van der Waals surface area contributed by atoms with E-state index in [2.05, 4.69) is 67.4 Å². The average Bonchev–Trinajstić information content (AvgIpc) is 2.62. The van der Waals surface area contributed by atoms with Crippen LogP contribution in [-0.4, -0.2) is 27.4 Å². The van der Waals surface area contributed by atoms with Crippen LogP contribution in [0, 0.1) is 13.8 Å². The van der Waals surface area contributed by atoms with E-state index in [9.17, 15) is 5.11 Å². The van der Waals surface area contributed by atoms with E-state index in [4.69, 9.17) is 9.97 Å². The molecule has 2 aromatic carbocycles. The lowest BCUT2D eigenvalue weighted by molar-refractivity contribution is 0.244. The molecule has 0 bridgehead atoms. The Bertz CT molecular complexity index is 944. The van der Waals surface area contributed by atoms with Gasteiger partial charge in [-0.15, -0.1) is 0 Å². The quantitative estimate of drug-likeness (QED) is 0.772. The number of hydrogen-bond donors (Lipinski definition) is 1. The second-order valence-corrected chi connectivity index (χ2v) is 6.47. The first-order chi connectivity index (χ1) is 12.1. The van der Waals surface area contributed by atoms with Gasteiger partial charge >= 0.3 is 0 Å². The molecule has 2 heterocycles. The lowest BCUT2D eigenvalue weighted by Gasteiger charge is -2.17. The topological polar surface area (TPSA) is 58.4 Å². The van der Waals surface area contributed by atoms with E-state index in [0.29, 0.717) is 12.2 Å². The molecule has 3 aromatic rings. The Morgan fingerprint density at radius 1 is 0.800 bits per heavy atom. The minimum absolute atomic E-state index is 0.443. The molecule has 4 nitrogen and oxygen atoms in total. The summed E-state index contributed by atoms with van der Waals surface area (Å²) >= 11 is 0. The Hall–Kier alpha value is -2.85. The largest absolute Gasteiger partial charge is 0.387 e. The number of aliphatic imine (C=N–C) groups is 1. The molecule has 0 spiro atoms. The summed E-state index contributed by atoms with van der Waals surface area (Å²) < 4.78 is 0. The molecule has 1 aromatic heterocycles. The zero-order chi connectivity index (χ0) is 17.4. The minimum atomic E-state index is -0.599. The summed E-state index contributed by atoms with van der Waals surface area (Å²) in [4.78, 5) is 13.9. The van der Waals surface area contributed by atoms with Gasteiger partial charge in [-0.3, -0.25) is 0 Å². The molecular formula is C21H19N3O. The smallest absolute Gasteiger partial charge is 0.174 e. The van der Waals surface area contributed by atoms with Crippen molar-refractivity contribution in [1.82, 2.24) is 9.97 Å². The maximum atomic E-state index is 9.85. The molecule has 1 N–H and O–H groups in total. The predicted molar refractivity (Wildman–Crippen MR) is 100 cm³/mol. The van der Waals surface area contributed by atoms with Crippen molar-refractivity contribution in [2.75, 3.05) is 0 Å². The number of aliphatic hydroxyl groups is 1. The monoisotopic (exact) mass is 329 g/mol. The molecule has 0 aliphatic carbocycles. The van der Waals surface area contributed by atoms with Gasteiger partial charge in [-0.1, -0.05) is 59.7 Å². The zero-order valence-electron chi connectivity index (χ0n) is 14.3. The van der Waals surface area contributed by atoms with Crippen LogP contribution in [0.3, 0.4) is 0 Å². The Morgan fingerprint density at radius 3 is 1.88 bits per heavy atom. The number of aryl methyl sites for hydroxylation is 2. The van der Waals surface area contributed by atoms with Crippen LogP contribution in [0.4, 0.5) is 5.82 Å². The zero-order valence-corrected chi connectivity index (χ0v) is 14.3. The van der Waals surface area contributed by atoms with Crippen LogP contribution in [-0.2, 0) is 6.42 Å². The van der Waals surface area contributed by atoms with Crippen molar-refractivity contribution in [3.8, 4) is 22.5 Å². The standard InChI is InChI=1S/C21H19N3O/c1-13-3-7-15(8-4-13)19-20(16-9-5-14(2)6-10-16)24-21-18(23-19)11-17(25)12-22-21/h3-10,12,17,25H,11H2,1-2H3. The fraction of sp³-hybridized carbons (Fsp3) is 0.190. The summed E-state index contributed by atoms with van der Waals surface area (Å²) in [5.41, 5.74) is 6.81. The van der Waals surface area contributed by atoms with Gasteiger partial charge < -0.3 is 5.11 Å². The Kier molecular flexibility index (Phi) is 3.90. The van der Waals surface area contributed by atoms with Gasteiger partial charge in [-0.05, 0) is 13.8 Å². The highest BCUT2D eigenvalue weighted by Crippen LogP contribution is 2.33. The fourth-order valence-corrected chi connectivity index (χ4v) is 2.93. The SMILES string of the molecule is Cc1ccc(-c2nc3c(nc2-c2ccc(C)cc2)N=CC(O)C3)cc1. The third-order valence-corrected chi connectivity index (χ3v) is 4.37. The van der Waals surface area contributed by atoms with Crippen molar-refractivity contribution >= 4 is 12.0 Å². The maximum absolute atomic E-state index is 9.85. The summed E-state index contributed by atoms with van der Waals surface area (Å²) in [6.07, 6.45) is 1.37. The lowest BCUT2D eigenvalue weighted by atomic mass is 10.0. The Labute approximate surface area is 146 Å². The van der Waals surface area contributed by atoms with Crippen molar-refractivity contribution in [2.24, 2.45) is 4.99 Å². The first kappa shape index (κ1) is 15.7. The molecule has 4 rings (SSSR count). The third kappa shape index (κ3) is 3.08. The lowest BCUT2D eigenvalue weighted by Crippen LogP contribution is -2.17. The van der Waals surface area contributed by atoms with Gasteiger partial charge in [-0.25, -0.2) is 15.0 Å². The molecule has 0 saturated carbocycles. The molecule has 0 fully saturated rings. The molecule has 1 aliphatic rings. The third-order valence-electron chi connectivity index (χ3n) is 4.37. The number of aliphatic hydroxyl groups excluding tert-OH is 1. The van der Waals surface area contributed by atoms with E-state index in [1.165, 1.54) is 17.3 Å². The van der Waals surface area contributed by atoms with E-state index in [0.717, 1.165) is 28.2 Å². The highest BCUT2D eigenvalue weighted by atomic mass is 16.3. The highest BCUT2D eigenvalue weighted by molar-refractivity contribution is 5.80. The van der Waals surface area contributed by atoms with Crippen molar-refractivity contribution in [3.63, 3.8) is 0 Å². The molecule has 1 aliphatic heterocycles. The van der Waals surface area contributed by atoms with Crippen molar-refractivity contribution in [1.29, 1.82) is 0 Å². The van der Waals surface area contributed by atoms with Crippen LogP contribution >= 0.6 is 0 Å². The van der Waals surface area contributed by atoms with E-state index in [1.54, 1.807) is 0 Å². The Morgan fingerprint density at radius 2 is 1.32 bits per heavy atom. The molecule has 0 radical (unpaired) electrons. The van der Waals surface area contributed by atoms with Gasteiger partial charge in [0.25, 0.3) is 0 Å². The highest BCUT2D eigenvalue weighted by Gasteiger charge is 2.20. The summed E-state index contributed by atoms with van der Waals surface area (Å²) in [5, 5.41) is 9.85. The van der Waals surface area contributed by atoms with E-state index >= 15 is 0 Å². The van der Waals surface area contributed by atoms with Crippen LogP contribution in [0.2, 0.25) is 0 Å². The second-order valence-electron chi connectivity index (χ2n) is 6.47. The van der Waals surface area contributed by atoms with Gasteiger partial charge in [0, 0.05) is 23.8 Å². The van der Waals surface area contributed by atoms with Crippen LogP contribution in [0.15, 0.2) is 53.5 Å². The normalized spacial score (nSPS) is 15.9. The summed E-state index contributed by atoms with van der Waals surface area (Å²) in [5.74, 6) is 0.594. The minimum Gasteiger partial charge on any atom is -0.387 e. The van der Waals surface area contributed by atoms with Gasteiger partial charge in [0.1, 0.15) is 0 Å². The number of aromatic nitrogens is 2. The number of nitrogens with zero attached hydrogens (tertiary/aromatic N) is 3. The van der Waals surface area contributed by atoms with Gasteiger partial charge in [-0.2, -0.15) is 0 Å². The van der Waals surface area contributed by atoms with Crippen LogP contribution in [0.1, 0.15) is 16.8 Å². The number of hydrogen-bond acceptors (Lipinski definition) is 4. The summed E-state index contributed by atoms with van der Waals surface area (Å²) in [6, 6.07) is 16.5. The number of fused-ring (bicyclic) bond motifs is 1. The van der Waals surface area contributed by atoms with Crippen LogP contribution in [0.25, 0.3) is 22.5 Å². The summed E-state index contributed by atoms with van der Waals surface area (Å²) in [6.45, 7) is 4.13. The maximum Gasteiger partial charge on any atom is 0.174 e. The number of benzene rings is 2. The Balaban J connectivity index is 1.93. The van der Waals surface area contributed by atoms with Crippen molar-refractivity contribution in [3.05, 3.63) is 65.4 Å². The molecule has 0 amide bonds. The van der Waals surface area contributed by atoms with E-state index in [1.807, 2.05) is 0 Å².